The molecule has 1 fully saturated rings. The number of aryl methyl sites for hydroxylation is 1. The van der Waals surface area contributed by atoms with Crippen LogP contribution in [-0.2, 0) is 9.53 Å². The minimum atomic E-state index is -4.95. The number of hydrogen-bond acceptors (Lipinski definition) is 8. The lowest BCUT2D eigenvalue weighted by Gasteiger charge is -2.26. The van der Waals surface area contributed by atoms with E-state index in [1.165, 1.54) is 43.0 Å². The first-order chi connectivity index (χ1) is 17.6. The predicted octanol–water partition coefficient (Wildman–Crippen LogP) is 5.55. The number of aromatic nitrogens is 2. The molecule has 1 aromatic carbocycles. The van der Waals surface area contributed by atoms with Crippen molar-refractivity contribution in [3.63, 3.8) is 0 Å². The summed E-state index contributed by atoms with van der Waals surface area (Å²) < 4.78 is 62.1. The van der Waals surface area contributed by atoms with Gasteiger partial charge in [-0.3, -0.25) is 4.79 Å². The standard InChI is InChI=1S/C24H22F4N4O4S/c1-12-18-20(30-11-31-21(18)37-19(12)22(33)35-2)32-16-8-5-14(25)9-17(16)36-15-6-3-13(4-7-15)10-29-23(34)24(26,27)28/h5,8-11,15H,3-4,6-7H2,1-2H3,(H,29,34)(H,30,31,32). The van der Waals surface area contributed by atoms with Gasteiger partial charge in [-0.25, -0.2) is 19.2 Å². The zero-order valence-electron chi connectivity index (χ0n) is 19.7. The molecule has 3 aromatic rings. The Labute approximate surface area is 212 Å². The summed E-state index contributed by atoms with van der Waals surface area (Å²) >= 11 is 1.17. The summed E-state index contributed by atoms with van der Waals surface area (Å²) in [6.07, 6.45) is -1.07. The van der Waals surface area contributed by atoms with Crippen molar-refractivity contribution in [3.8, 4) is 5.75 Å². The molecule has 0 atom stereocenters. The maximum atomic E-state index is 14.1. The maximum absolute atomic E-state index is 14.1. The van der Waals surface area contributed by atoms with Crippen LogP contribution in [-0.4, -0.2) is 41.2 Å². The van der Waals surface area contributed by atoms with Crippen molar-refractivity contribution in [1.82, 2.24) is 15.3 Å². The Morgan fingerprint density at radius 1 is 1.19 bits per heavy atom. The van der Waals surface area contributed by atoms with Gasteiger partial charge >= 0.3 is 18.1 Å². The first-order valence-corrected chi connectivity index (χ1v) is 12.0. The first-order valence-electron chi connectivity index (χ1n) is 11.2. The number of thiophene rings is 1. The van der Waals surface area contributed by atoms with Crippen LogP contribution < -0.4 is 15.4 Å². The highest BCUT2D eigenvalue weighted by molar-refractivity contribution is 7.20. The second-order valence-electron chi connectivity index (χ2n) is 8.31. The second kappa shape index (κ2) is 10.7. The normalized spacial score (nSPS) is 15.8. The summed E-state index contributed by atoms with van der Waals surface area (Å²) in [6, 6.07) is 4.00. The molecule has 0 radical (unpaired) electrons. The highest BCUT2D eigenvalue weighted by Gasteiger charge is 2.38. The van der Waals surface area contributed by atoms with E-state index in [0.717, 1.165) is 6.20 Å². The van der Waals surface area contributed by atoms with E-state index in [-0.39, 0.29) is 11.9 Å². The Morgan fingerprint density at radius 3 is 2.59 bits per heavy atom. The van der Waals surface area contributed by atoms with Gasteiger partial charge in [-0.2, -0.15) is 13.2 Å². The molecule has 1 saturated carbocycles. The lowest BCUT2D eigenvalue weighted by atomic mass is 9.93. The maximum Gasteiger partial charge on any atom is 0.471 e. The van der Waals surface area contributed by atoms with E-state index in [1.54, 1.807) is 12.2 Å². The van der Waals surface area contributed by atoms with Crippen LogP contribution in [0.5, 0.6) is 5.75 Å². The summed E-state index contributed by atoms with van der Waals surface area (Å²) in [5.41, 5.74) is 1.74. The Bertz CT molecular complexity index is 1360. The van der Waals surface area contributed by atoms with Crippen LogP contribution in [0.1, 0.15) is 40.9 Å². The van der Waals surface area contributed by atoms with Gasteiger partial charge in [0.15, 0.2) is 0 Å². The van der Waals surface area contributed by atoms with Gasteiger partial charge in [-0.1, -0.05) is 5.57 Å². The number of ether oxygens (including phenoxy) is 2. The van der Waals surface area contributed by atoms with E-state index in [4.69, 9.17) is 9.47 Å². The molecule has 8 nitrogen and oxygen atoms in total. The van der Waals surface area contributed by atoms with Crippen LogP contribution in [0.3, 0.4) is 0 Å². The van der Waals surface area contributed by atoms with Crippen molar-refractivity contribution in [1.29, 1.82) is 0 Å². The number of nitrogens with one attached hydrogen (secondary N) is 2. The van der Waals surface area contributed by atoms with E-state index in [1.807, 2.05) is 0 Å². The van der Waals surface area contributed by atoms with Gasteiger partial charge in [0.05, 0.1) is 24.3 Å². The van der Waals surface area contributed by atoms with Gasteiger partial charge in [-0.05, 0) is 50.3 Å². The molecule has 0 saturated heterocycles. The van der Waals surface area contributed by atoms with E-state index in [0.29, 0.717) is 63.4 Å². The van der Waals surface area contributed by atoms with E-state index in [2.05, 4.69) is 15.3 Å². The monoisotopic (exact) mass is 538 g/mol. The first kappa shape index (κ1) is 26.3. The number of nitrogens with zero attached hydrogens (tertiary/aromatic N) is 2. The fourth-order valence-electron chi connectivity index (χ4n) is 3.93. The van der Waals surface area contributed by atoms with Gasteiger partial charge in [-0.15, -0.1) is 11.3 Å². The molecule has 1 aliphatic carbocycles. The molecule has 2 heterocycles. The SMILES string of the molecule is COC(=O)c1sc2ncnc(Nc3ccc(F)cc3OC3CCC(=CNC(=O)C(F)(F)F)CC3)c2c1C. The number of alkyl halides is 3. The van der Waals surface area contributed by atoms with E-state index < -0.39 is 23.9 Å². The van der Waals surface area contributed by atoms with Gasteiger partial charge in [0.1, 0.15) is 33.4 Å². The Balaban J connectivity index is 1.50. The van der Waals surface area contributed by atoms with Gasteiger partial charge in [0.25, 0.3) is 0 Å². The van der Waals surface area contributed by atoms with Crippen molar-refractivity contribution >= 4 is 44.9 Å². The molecular formula is C24H22F4N4O4S. The summed E-state index contributed by atoms with van der Waals surface area (Å²) in [6.45, 7) is 1.76. The number of anilines is 2. The number of rotatable bonds is 6. The molecule has 0 bridgehead atoms. The number of allylic oxidation sites excluding steroid dienone is 1. The van der Waals surface area contributed by atoms with Gasteiger partial charge < -0.3 is 20.1 Å². The van der Waals surface area contributed by atoms with Crippen LogP contribution >= 0.6 is 11.3 Å². The molecule has 196 valence electrons. The van der Waals surface area contributed by atoms with Crippen LogP contribution in [0, 0.1) is 12.7 Å². The highest BCUT2D eigenvalue weighted by atomic mass is 32.1. The number of fused-ring (bicyclic) bond motifs is 1. The molecule has 13 heteroatoms. The van der Waals surface area contributed by atoms with E-state index in [9.17, 15) is 27.2 Å². The van der Waals surface area contributed by atoms with Crippen LogP contribution in [0.15, 0.2) is 36.3 Å². The molecule has 1 aliphatic rings. The van der Waals surface area contributed by atoms with Gasteiger partial charge in [0.2, 0.25) is 0 Å². The smallest absolute Gasteiger partial charge is 0.471 e. The van der Waals surface area contributed by atoms with Gasteiger partial charge in [0, 0.05) is 12.3 Å². The molecular weight excluding hydrogens is 516 g/mol. The number of amides is 1. The van der Waals surface area contributed by atoms with Crippen molar-refractivity contribution in [2.75, 3.05) is 12.4 Å². The van der Waals surface area contributed by atoms with Crippen molar-refractivity contribution in [3.05, 3.63) is 52.6 Å². The summed E-state index contributed by atoms with van der Waals surface area (Å²) in [7, 11) is 1.29. The fraction of sp³-hybridized carbons (Fsp3) is 0.333. The topological polar surface area (TPSA) is 102 Å². The zero-order valence-corrected chi connectivity index (χ0v) is 20.6. The molecule has 0 unspecified atom stereocenters. The minimum Gasteiger partial charge on any atom is -0.488 e. The number of benzene rings is 1. The Hall–Kier alpha value is -3.74. The predicted molar refractivity (Wildman–Crippen MR) is 128 cm³/mol. The highest BCUT2D eigenvalue weighted by Crippen LogP contribution is 2.38. The third-order valence-electron chi connectivity index (χ3n) is 5.83. The van der Waals surface area contributed by atoms with Crippen LogP contribution in [0.4, 0.5) is 29.1 Å². The number of halogens is 4. The summed E-state index contributed by atoms with van der Waals surface area (Å²) in [4.78, 5) is 32.6. The van der Waals surface area contributed by atoms with Crippen molar-refractivity contribution in [2.24, 2.45) is 0 Å². The Kier molecular flexibility index (Phi) is 7.62. The largest absolute Gasteiger partial charge is 0.488 e. The fourth-order valence-corrected chi connectivity index (χ4v) is 5.00. The minimum absolute atomic E-state index is 0.232. The number of carbonyl (C=O) groups is 2. The number of esters is 1. The van der Waals surface area contributed by atoms with Crippen molar-refractivity contribution < 1.29 is 36.6 Å². The molecule has 0 spiro atoms. The number of carbonyl (C=O) groups excluding carboxylic acids is 2. The average molecular weight is 539 g/mol. The third-order valence-corrected chi connectivity index (χ3v) is 7.01. The molecule has 2 N–H and O–H groups in total. The summed E-state index contributed by atoms with van der Waals surface area (Å²) in [5.74, 6) is -2.39. The third kappa shape index (κ3) is 5.98. The molecule has 0 aliphatic heterocycles. The second-order valence-corrected chi connectivity index (χ2v) is 9.31. The number of hydrogen-bond donors (Lipinski definition) is 2. The van der Waals surface area contributed by atoms with Crippen LogP contribution in [0.25, 0.3) is 10.2 Å². The van der Waals surface area contributed by atoms with Crippen molar-refractivity contribution in [2.45, 2.75) is 44.9 Å². The molecule has 2 aromatic heterocycles. The lowest BCUT2D eigenvalue weighted by molar-refractivity contribution is -0.172. The van der Waals surface area contributed by atoms with E-state index >= 15 is 0 Å². The Morgan fingerprint density at radius 2 is 1.92 bits per heavy atom. The molecule has 4 rings (SSSR count). The summed E-state index contributed by atoms with van der Waals surface area (Å²) in [5, 5.41) is 5.53. The molecule has 37 heavy (non-hydrogen) atoms. The average Bonchev–Trinajstić information content (AvgIpc) is 3.21. The van der Waals surface area contributed by atoms with Crippen LogP contribution in [0.2, 0.25) is 0 Å². The quantitative estimate of drug-likeness (QED) is 0.313. The number of methoxy groups -OCH3 is 1. The lowest BCUT2D eigenvalue weighted by Crippen LogP contribution is -2.34. The molecule has 1 amide bonds. The zero-order chi connectivity index (χ0) is 26.7.